The van der Waals surface area contributed by atoms with Gasteiger partial charge in [-0.1, -0.05) is 60.7 Å². The summed E-state index contributed by atoms with van der Waals surface area (Å²) in [6, 6.07) is 27.5. The van der Waals surface area contributed by atoms with Gasteiger partial charge in [0.25, 0.3) is 5.91 Å². The Morgan fingerprint density at radius 2 is 1.44 bits per heavy atom. The van der Waals surface area contributed by atoms with Gasteiger partial charge in [0.15, 0.2) is 12.4 Å². The summed E-state index contributed by atoms with van der Waals surface area (Å²) in [7, 11) is -3.88. The fourth-order valence-corrected chi connectivity index (χ4v) is 4.27. The van der Waals surface area contributed by atoms with Crippen LogP contribution in [0.2, 0.25) is 0 Å². The average Bonchev–Trinajstić information content (AvgIpc) is 2.87. The van der Waals surface area contributed by atoms with Gasteiger partial charge in [-0.15, -0.1) is 0 Å². The minimum absolute atomic E-state index is 0.0150. The third-order valence-electron chi connectivity index (χ3n) is 5.06. The zero-order chi connectivity index (χ0) is 24.0. The summed E-state index contributed by atoms with van der Waals surface area (Å²) >= 11 is 0. The van der Waals surface area contributed by atoms with Crippen LogP contribution in [0.1, 0.15) is 10.4 Å². The monoisotopic (exact) mass is 474 g/mol. The predicted octanol–water partition coefficient (Wildman–Crippen LogP) is 4.02. The first-order valence-electron chi connectivity index (χ1n) is 10.5. The highest BCUT2D eigenvalue weighted by Crippen LogP contribution is 2.20. The second-order valence-electron chi connectivity index (χ2n) is 7.48. The highest BCUT2D eigenvalue weighted by Gasteiger charge is 2.16. The second-order valence-corrected chi connectivity index (χ2v) is 9.25. The SMILES string of the molecule is O=C(COc1ccc2ccccc2c1)Nc1ccc(S(=O)(=O)NCC(=O)c2ccccc2)cc1. The van der Waals surface area contributed by atoms with Crippen molar-refractivity contribution in [1.29, 1.82) is 0 Å². The number of nitrogens with one attached hydrogen (secondary N) is 2. The van der Waals surface area contributed by atoms with Gasteiger partial charge in [-0.2, -0.15) is 0 Å². The van der Waals surface area contributed by atoms with Crippen molar-refractivity contribution in [2.75, 3.05) is 18.5 Å². The predicted molar refractivity (Wildman–Crippen MR) is 130 cm³/mol. The number of anilines is 1. The maximum atomic E-state index is 12.5. The second kappa shape index (κ2) is 10.3. The van der Waals surface area contributed by atoms with Gasteiger partial charge in [0.1, 0.15) is 5.75 Å². The minimum Gasteiger partial charge on any atom is -0.484 e. The summed E-state index contributed by atoms with van der Waals surface area (Å²) in [6.07, 6.45) is 0. The van der Waals surface area contributed by atoms with Crippen molar-refractivity contribution in [3.05, 3.63) is 103 Å². The lowest BCUT2D eigenvalue weighted by Gasteiger charge is -2.10. The van der Waals surface area contributed by atoms with Crippen LogP contribution in [0.15, 0.2) is 102 Å². The molecule has 1 amide bonds. The number of benzene rings is 4. The van der Waals surface area contributed by atoms with E-state index in [-0.39, 0.29) is 29.7 Å². The fraction of sp³-hybridized carbons (Fsp3) is 0.0769. The van der Waals surface area contributed by atoms with Gasteiger partial charge in [0, 0.05) is 11.3 Å². The molecule has 0 aliphatic heterocycles. The maximum absolute atomic E-state index is 12.5. The molecule has 0 saturated carbocycles. The smallest absolute Gasteiger partial charge is 0.262 e. The van der Waals surface area contributed by atoms with Gasteiger partial charge in [-0.05, 0) is 47.2 Å². The lowest BCUT2D eigenvalue weighted by Crippen LogP contribution is -2.29. The molecule has 4 aromatic rings. The highest BCUT2D eigenvalue weighted by atomic mass is 32.2. The normalized spacial score (nSPS) is 11.2. The minimum atomic E-state index is -3.88. The van der Waals surface area contributed by atoms with Gasteiger partial charge >= 0.3 is 0 Å². The van der Waals surface area contributed by atoms with Gasteiger partial charge in [-0.25, -0.2) is 13.1 Å². The molecule has 0 aliphatic carbocycles. The Morgan fingerprint density at radius 3 is 2.18 bits per heavy atom. The van der Waals surface area contributed by atoms with E-state index in [2.05, 4.69) is 10.0 Å². The van der Waals surface area contributed by atoms with E-state index in [0.29, 0.717) is 17.0 Å². The van der Waals surface area contributed by atoms with E-state index >= 15 is 0 Å². The molecule has 0 aliphatic rings. The first kappa shape index (κ1) is 23.2. The molecule has 0 heterocycles. The van der Waals surface area contributed by atoms with Crippen molar-refractivity contribution in [3.63, 3.8) is 0 Å². The van der Waals surface area contributed by atoms with Crippen LogP contribution in [-0.4, -0.2) is 33.3 Å². The quantitative estimate of drug-likeness (QED) is 0.357. The summed E-state index contributed by atoms with van der Waals surface area (Å²) in [5.41, 5.74) is 0.848. The van der Waals surface area contributed by atoms with E-state index < -0.39 is 10.0 Å². The van der Waals surface area contributed by atoms with Crippen molar-refractivity contribution in [2.45, 2.75) is 4.90 Å². The molecule has 34 heavy (non-hydrogen) atoms. The van der Waals surface area contributed by atoms with Crippen LogP contribution in [0.4, 0.5) is 5.69 Å². The van der Waals surface area contributed by atoms with Crippen molar-refractivity contribution in [3.8, 4) is 5.75 Å². The van der Waals surface area contributed by atoms with Gasteiger partial charge in [0.2, 0.25) is 10.0 Å². The summed E-state index contributed by atoms with van der Waals surface area (Å²) < 4.78 is 32.8. The maximum Gasteiger partial charge on any atom is 0.262 e. The average molecular weight is 475 g/mol. The summed E-state index contributed by atoms with van der Waals surface area (Å²) in [6.45, 7) is -0.543. The van der Waals surface area contributed by atoms with Gasteiger partial charge in [-0.3, -0.25) is 9.59 Å². The van der Waals surface area contributed by atoms with Crippen molar-refractivity contribution < 1.29 is 22.7 Å². The van der Waals surface area contributed by atoms with E-state index in [0.717, 1.165) is 10.8 Å². The van der Waals surface area contributed by atoms with Crippen LogP contribution < -0.4 is 14.8 Å². The first-order chi connectivity index (χ1) is 16.4. The third kappa shape index (κ3) is 5.86. The number of amides is 1. The molecule has 0 fully saturated rings. The number of carbonyl (C=O) groups is 2. The number of carbonyl (C=O) groups excluding carboxylic acids is 2. The van der Waals surface area contributed by atoms with E-state index in [1.165, 1.54) is 24.3 Å². The molecule has 4 rings (SSSR count). The number of sulfonamides is 1. The number of rotatable bonds is 9. The van der Waals surface area contributed by atoms with Crippen LogP contribution in [0.3, 0.4) is 0 Å². The van der Waals surface area contributed by atoms with Crippen molar-refractivity contribution in [1.82, 2.24) is 4.72 Å². The number of fused-ring (bicyclic) bond motifs is 1. The Labute approximate surface area is 197 Å². The van der Waals surface area contributed by atoms with E-state index in [1.807, 2.05) is 36.4 Å². The number of hydrogen-bond donors (Lipinski definition) is 2. The number of ether oxygens (including phenoxy) is 1. The molecular formula is C26H22N2O5S. The zero-order valence-electron chi connectivity index (χ0n) is 18.1. The van der Waals surface area contributed by atoms with Crippen LogP contribution in [0.5, 0.6) is 5.75 Å². The molecule has 0 aromatic heterocycles. The Hall–Kier alpha value is -4.01. The number of Topliss-reactive ketones (excluding diaryl/α,β-unsaturated/α-hetero) is 1. The Kier molecular flexibility index (Phi) is 7.01. The molecular weight excluding hydrogens is 452 g/mol. The fourth-order valence-electron chi connectivity index (χ4n) is 3.29. The summed E-state index contributed by atoms with van der Waals surface area (Å²) in [4.78, 5) is 24.4. The largest absolute Gasteiger partial charge is 0.484 e. The molecule has 0 saturated heterocycles. The van der Waals surface area contributed by atoms with Crippen molar-refractivity contribution >= 4 is 38.2 Å². The molecule has 0 spiro atoms. The van der Waals surface area contributed by atoms with Crippen molar-refractivity contribution in [2.24, 2.45) is 0 Å². The molecule has 0 radical (unpaired) electrons. The van der Waals surface area contributed by atoms with E-state index in [9.17, 15) is 18.0 Å². The first-order valence-corrected chi connectivity index (χ1v) is 12.0. The Bertz CT molecular complexity index is 1420. The molecule has 0 unspecified atom stereocenters. The lowest BCUT2D eigenvalue weighted by atomic mass is 10.1. The van der Waals surface area contributed by atoms with Crippen LogP contribution in [0.25, 0.3) is 10.8 Å². The standard InChI is InChI=1S/C26H22N2O5S/c29-25(20-7-2-1-3-8-20)17-27-34(31,32)24-14-11-22(12-15-24)28-26(30)18-33-23-13-10-19-6-4-5-9-21(19)16-23/h1-16,27H,17-18H2,(H,28,30). The Morgan fingerprint density at radius 1 is 0.765 bits per heavy atom. The number of hydrogen-bond acceptors (Lipinski definition) is 5. The Balaban J connectivity index is 1.30. The van der Waals surface area contributed by atoms with Crippen LogP contribution >= 0.6 is 0 Å². The topological polar surface area (TPSA) is 102 Å². The lowest BCUT2D eigenvalue weighted by molar-refractivity contribution is -0.118. The zero-order valence-corrected chi connectivity index (χ0v) is 18.9. The molecule has 7 nitrogen and oxygen atoms in total. The molecule has 2 N–H and O–H groups in total. The molecule has 8 heteroatoms. The highest BCUT2D eigenvalue weighted by molar-refractivity contribution is 7.89. The van der Waals surface area contributed by atoms with Crippen LogP contribution in [-0.2, 0) is 14.8 Å². The summed E-state index contributed by atoms with van der Waals surface area (Å²) in [5, 5.41) is 4.75. The van der Waals surface area contributed by atoms with E-state index in [4.69, 9.17) is 4.74 Å². The summed E-state index contributed by atoms with van der Waals surface area (Å²) in [5.74, 6) is -0.138. The van der Waals surface area contributed by atoms with E-state index in [1.54, 1.807) is 36.4 Å². The molecule has 0 bridgehead atoms. The molecule has 172 valence electrons. The third-order valence-corrected chi connectivity index (χ3v) is 6.47. The van der Waals surface area contributed by atoms with Gasteiger partial charge < -0.3 is 10.1 Å². The van der Waals surface area contributed by atoms with Gasteiger partial charge in [0.05, 0.1) is 11.4 Å². The number of ketones is 1. The molecule has 4 aromatic carbocycles. The van der Waals surface area contributed by atoms with Crippen LogP contribution in [0, 0.1) is 0 Å². The molecule has 0 atom stereocenters.